The van der Waals surface area contributed by atoms with Crippen LogP contribution in [0.3, 0.4) is 0 Å². The van der Waals surface area contributed by atoms with E-state index in [9.17, 15) is 14.0 Å². The predicted molar refractivity (Wildman–Crippen MR) is 109 cm³/mol. The number of nitrogens with one attached hydrogen (secondary N) is 1. The molecule has 1 aromatic carbocycles. The summed E-state index contributed by atoms with van der Waals surface area (Å²) in [4.78, 5) is 31.0. The van der Waals surface area contributed by atoms with Crippen LogP contribution in [0.15, 0.2) is 61.1 Å². The molecule has 1 fully saturated rings. The van der Waals surface area contributed by atoms with Crippen LogP contribution < -0.4 is 5.32 Å². The van der Waals surface area contributed by atoms with E-state index in [4.69, 9.17) is 0 Å². The lowest BCUT2D eigenvalue weighted by Gasteiger charge is -2.36. The van der Waals surface area contributed by atoms with Crippen molar-refractivity contribution < 1.29 is 14.0 Å². The minimum atomic E-state index is -0.344. The van der Waals surface area contributed by atoms with Crippen LogP contribution in [0.25, 0.3) is 0 Å². The Kier molecular flexibility index (Phi) is 5.83. The Balaban J connectivity index is 1.42. The van der Waals surface area contributed by atoms with E-state index in [0.717, 1.165) is 24.8 Å². The average Bonchev–Trinajstić information content (AvgIpc) is 3.21. The third-order valence-corrected chi connectivity index (χ3v) is 5.14. The van der Waals surface area contributed by atoms with E-state index in [1.165, 1.54) is 23.0 Å². The molecule has 0 spiro atoms. The molecule has 7 nitrogen and oxygen atoms in total. The van der Waals surface area contributed by atoms with Crippen molar-refractivity contribution >= 4 is 17.5 Å². The monoisotopic (exact) mass is 407 g/mol. The largest absolute Gasteiger partial charge is 0.334 e. The molecule has 0 bridgehead atoms. The zero-order valence-corrected chi connectivity index (χ0v) is 16.4. The molecule has 1 saturated heterocycles. The third-order valence-electron chi connectivity index (χ3n) is 5.14. The van der Waals surface area contributed by atoms with Gasteiger partial charge in [-0.2, -0.15) is 5.10 Å². The van der Waals surface area contributed by atoms with Gasteiger partial charge in [-0.1, -0.05) is 18.2 Å². The first-order chi connectivity index (χ1) is 14.6. The molecule has 1 unspecified atom stereocenters. The Labute approximate surface area is 173 Å². The molecule has 2 amide bonds. The second-order valence-electron chi connectivity index (χ2n) is 7.25. The zero-order chi connectivity index (χ0) is 20.9. The van der Waals surface area contributed by atoms with Crippen LogP contribution in [-0.4, -0.2) is 38.0 Å². The van der Waals surface area contributed by atoms with Crippen molar-refractivity contribution in [3.63, 3.8) is 0 Å². The molecule has 3 heterocycles. The highest BCUT2D eigenvalue weighted by atomic mass is 19.1. The number of hydrogen-bond acceptors (Lipinski definition) is 4. The lowest BCUT2D eigenvalue weighted by Crippen LogP contribution is -2.40. The number of piperidine rings is 1. The van der Waals surface area contributed by atoms with Gasteiger partial charge in [0.05, 0.1) is 17.9 Å². The Morgan fingerprint density at radius 1 is 1.17 bits per heavy atom. The zero-order valence-electron chi connectivity index (χ0n) is 16.4. The quantitative estimate of drug-likeness (QED) is 0.703. The number of anilines is 1. The predicted octanol–water partition coefficient (Wildman–Crippen LogP) is 3.42. The molecular formula is C22H22FN5O2. The summed E-state index contributed by atoms with van der Waals surface area (Å²) in [5.41, 5.74) is 1.60. The molecule has 4 rings (SSSR count). The Hall–Kier alpha value is -3.55. The van der Waals surface area contributed by atoms with Crippen molar-refractivity contribution in [2.45, 2.75) is 31.8 Å². The Bertz CT molecular complexity index is 1040. The van der Waals surface area contributed by atoms with Gasteiger partial charge in [-0.3, -0.25) is 19.3 Å². The number of amides is 2. The van der Waals surface area contributed by atoms with Gasteiger partial charge < -0.3 is 10.2 Å². The van der Waals surface area contributed by atoms with Gasteiger partial charge in [-0.05, 0) is 49.1 Å². The van der Waals surface area contributed by atoms with E-state index in [-0.39, 0.29) is 30.2 Å². The summed E-state index contributed by atoms with van der Waals surface area (Å²) < 4.78 is 15.2. The van der Waals surface area contributed by atoms with Crippen LogP contribution in [-0.2, 0) is 11.3 Å². The van der Waals surface area contributed by atoms with E-state index < -0.39 is 0 Å². The van der Waals surface area contributed by atoms with Crippen LogP contribution in [0.5, 0.6) is 0 Å². The maximum absolute atomic E-state index is 13.7. The highest BCUT2D eigenvalue weighted by molar-refractivity contribution is 6.02. The molecule has 154 valence electrons. The molecule has 1 aliphatic rings. The molecule has 8 heteroatoms. The summed E-state index contributed by atoms with van der Waals surface area (Å²) in [5, 5.41) is 6.90. The van der Waals surface area contributed by atoms with Gasteiger partial charge in [0.25, 0.3) is 5.91 Å². The summed E-state index contributed by atoms with van der Waals surface area (Å²) in [5.74, 6) is -0.732. The number of nitrogens with zero attached hydrogens (tertiary/aromatic N) is 4. The lowest BCUT2D eigenvalue weighted by molar-refractivity contribution is -0.136. The number of carbonyl (C=O) groups is 2. The van der Waals surface area contributed by atoms with Gasteiger partial charge in [0.2, 0.25) is 5.91 Å². The normalized spacial score (nSPS) is 16.3. The van der Waals surface area contributed by atoms with E-state index in [1.807, 2.05) is 6.07 Å². The highest BCUT2D eigenvalue weighted by Gasteiger charge is 2.28. The van der Waals surface area contributed by atoms with E-state index in [1.54, 1.807) is 41.6 Å². The summed E-state index contributed by atoms with van der Waals surface area (Å²) >= 11 is 0. The fourth-order valence-electron chi connectivity index (χ4n) is 3.73. The van der Waals surface area contributed by atoms with Crippen LogP contribution >= 0.6 is 0 Å². The molecule has 0 radical (unpaired) electrons. The summed E-state index contributed by atoms with van der Waals surface area (Å²) in [6, 6.07) is 11.4. The van der Waals surface area contributed by atoms with Crippen LogP contribution in [0.4, 0.5) is 10.1 Å². The molecule has 0 aliphatic carbocycles. The van der Waals surface area contributed by atoms with Gasteiger partial charge >= 0.3 is 0 Å². The number of likely N-dealkylation sites (tertiary alicyclic amines) is 1. The van der Waals surface area contributed by atoms with Crippen molar-refractivity contribution in [2.75, 3.05) is 11.9 Å². The molecule has 30 heavy (non-hydrogen) atoms. The van der Waals surface area contributed by atoms with Crippen molar-refractivity contribution in [3.05, 3.63) is 78.1 Å². The number of hydrogen-bond donors (Lipinski definition) is 1. The molecular weight excluding hydrogens is 385 g/mol. The van der Waals surface area contributed by atoms with Crippen molar-refractivity contribution in [2.24, 2.45) is 0 Å². The van der Waals surface area contributed by atoms with Crippen molar-refractivity contribution in [3.8, 4) is 0 Å². The minimum absolute atomic E-state index is 0.0469. The number of carbonyl (C=O) groups excluding carboxylic acids is 2. The number of halogens is 1. The lowest BCUT2D eigenvalue weighted by atomic mass is 9.95. The first kappa shape index (κ1) is 19.8. The molecule has 1 aliphatic heterocycles. The van der Waals surface area contributed by atoms with Gasteiger partial charge in [-0.25, -0.2) is 4.39 Å². The molecule has 0 saturated carbocycles. The van der Waals surface area contributed by atoms with Crippen LogP contribution in [0, 0.1) is 5.82 Å². The molecule has 2 aromatic heterocycles. The molecule has 3 aromatic rings. The number of rotatable bonds is 5. The molecule has 1 atom stereocenters. The SMILES string of the molecule is O=C(Nc1cnn(CC(=O)N2CCCCC2c2cccc(F)c2)c1)c1ccccn1. The summed E-state index contributed by atoms with van der Waals surface area (Å²) in [6.07, 6.45) is 7.37. The van der Waals surface area contributed by atoms with E-state index >= 15 is 0 Å². The number of aromatic nitrogens is 3. The van der Waals surface area contributed by atoms with Crippen molar-refractivity contribution in [1.82, 2.24) is 19.7 Å². The number of benzene rings is 1. The third kappa shape index (κ3) is 4.53. The maximum Gasteiger partial charge on any atom is 0.274 e. The first-order valence-corrected chi connectivity index (χ1v) is 9.90. The molecule has 1 N–H and O–H groups in total. The highest BCUT2D eigenvalue weighted by Crippen LogP contribution is 2.31. The topological polar surface area (TPSA) is 80.1 Å². The van der Waals surface area contributed by atoms with E-state index in [0.29, 0.717) is 17.9 Å². The Morgan fingerprint density at radius 2 is 2.07 bits per heavy atom. The standard InChI is InChI=1S/C22H22FN5O2/c23-17-7-5-6-16(12-17)20-9-2-4-11-28(20)21(29)15-27-14-18(13-25-27)26-22(30)19-8-1-3-10-24-19/h1,3,5-8,10,12-14,20H,2,4,9,11,15H2,(H,26,30). The maximum atomic E-state index is 13.7. The van der Waals surface area contributed by atoms with Gasteiger partial charge in [-0.15, -0.1) is 0 Å². The van der Waals surface area contributed by atoms with Crippen LogP contribution in [0.1, 0.15) is 41.4 Å². The van der Waals surface area contributed by atoms with Gasteiger partial charge in [0.1, 0.15) is 18.1 Å². The summed E-state index contributed by atoms with van der Waals surface area (Å²) in [6.45, 7) is 0.676. The summed E-state index contributed by atoms with van der Waals surface area (Å²) in [7, 11) is 0. The Morgan fingerprint density at radius 3 is 2.87 bits per heavy atom. The fourth-order valence-corrected chi connectivity index (χ4v) is 3.73. The average molecular weight is 407 g/mol. The fraction of sp³-hybridized carbons (Fsp3) is 0.273. The number of pyridine rings is 1. The first-order valence-electron chi connectivity index (χ1n) is 9.90. The van der Waals surface area contributed by atoms with Crippen molar-refractivity contribution in [1.29, 1.82) is 0 Å². The smallest absolute Gasteiger partial charge is 0.274 e. The van der Waals surface area contributed by atoms with E-state index in [2.05, 4.69) is 15.4 Å². The van der Waals surface area contributed by atoms with Gasteiger partial charge in [0.15, 0.2) is 0 Å². The van der Waals surface area contributed by atoms with Crippen LogP contribution in [0.2, 0.25) is 0 Å². The van der Waals surface area contributed by atoms with Gasteiger partial charge in [0, 0.05) is 18.9 Å². The minimum Gasteiger partial charge on any atom is -0.334 e. The second-order valence-corrected chi connectivity index (χ2v) is 7.25. The second kappa shape index (κ2) is 8.86.